The molecule has 114 valence electrons. The van der Waals surface area contributed by atoms with Gasteiger partial charge in [0.2, 0.25) is 5.13 Å². The van der Waals surface area contributed by atoms with Crippen LogP contribution in [0.4, 0.5) is 5.13 Å². The zero-order chi connectivity index (χ0) is 15.4. The van der Waals surface area contributed by atoms with Gasteiger partial charge in [0.1, 0.15) is 0 Å². The van der Waals surface area contributed by atoms with E-state index in [4.69, 9.17) is 21.1 Å². The zero-order valence-corrected chi connectivity index (χ0v) is 14.0. The Morgan fingerprint density at radius 2 is 2.05 bits per heavy atom. The van der Waals surface area contributed by atoms with Crippen molar-refractivity contribution in [2.24, 2.45) is 5.92 Å². The number of hydrogen-bond acceptors (Lipinski definition) is 6. The number of ether oxygens (including phenoxy) is 2. The van der Waals surface area contributed by atoms with E-state index >= 15 is 0 Å². The van der Waals surface area contributed by atoms with Gasteiger partial charge in [-0.25, -0.2) is 0 Å². The van der Waals surface area contributed by atoms with Gasteiger partial charge in [-0.1, -0.05) is 25.4 Å². The summed E-state index contributed by atoms with van der Waals surface area (Å²) < 4.78 is 14.9. The number of nitrogens with one attached hydrogen (secondary N) is 1. The zero-order valence-electron chi connectivity index (χ0n) is 12.4. The van der Waals surface area contributed by atoms with Crippen LogP contribution in [0, 0.1) is 5.92 Å². The molecule has 0 radical (unpaired) electrons. The van der Waals surface area contributed by atoms with Crippen molar-refractivity contribution in [2.45, 2.75) is 13.8 Å². The van der Waals surface area contributed by atoms with Crippen molar-refractivity contribution < 1.29 is 9.47 Å². The molecule has 0 atom stereocenters. The number of rotatable bonds is 6. The maximum atomic E-state index is 6.20. The van der Waals surface area contributed by atoms with Crippen molar-refractivity contribution in [2.75, 3.05) is 26.1 Å². The van der Waals surface area contributed by atoms with E-state index in [1.807, 2.05) is 6.07 Å². The quantitative estimate of drug-likeness (QED) is 0.870. The number of nitrogens with zero attached hydrogens (tertiary/aromatic N) is 2. The molecule has 0 bridgehead atoms. The molecule has 1 N–H and O–H groups in total. The number of anilines is 1. The molecule has 0 aliphatic carbocycles. The molecule has 2 rings (SSSR count). The smallest absolute Gasteiger partial charge is 0.202 e. The van der Waals surface area contributed by atoms with Gasteiger partial charge in [0.25, 0.3) is 0 Å². The monoisotopic (exact) mass is 327 g/mol. The topological polar surface area (TPSA) is 56.3 Å². The third-order valence-electron chi connectivity index (χ3n) is 2.78. The standard InChI is InChI=1S/C14H18ClN3O2S/c1-8(2)7-16-14-17-13(18-21-14)9-5-10(15)12(20-4)11(6-9)19-3/h5-6,8H,7H2,1-4H3,(H,16,17,18). The fourth-order valence-electron chi connectivity index (χ4n) is 1.75. The molecule has 0 saturated carbocycles. The third kappa shape index (κ3) is 3.77. The van der Waals surface area contributed by atoms with Crippen LogP contribution in [-0.4, -0.2) is 30.1 Å². The molecular weight excluding hydrogens is 310 g/mol. The lowest BCUT2D eigenvalue weighted by Crippen LogP contribution is -2.07. The highest BCUT2D eigenvalue weighted by atomic mass is 35.5. The van der Waals surface area contributed by atoms with Crippen LogP contribution < -0.4 is 14.8 Å². The first-order chi connectivity index (χ1) is 10.0. The van der Waals surface area contributed by atoms with Crippen LogP contribution in [0.3, 0.4) is 0 Å². The molecule has 21 heavy (non-hydrogen) atoms. The second-order valence-electron chi connectivity index (χ2n) is 4.89. The van der Waals surface area contributed by atoms with E-state index in [0.717, 1.165) is 17.2 Å². The Balaban J connectivity index is 2.28. The molecule has 0 unspecified atom stereocenters. The van der Waals surface area contributed by atoms with Crippen molar-refractivity contribution in [3.8, 4) is 22.9 Å². The lowest BCUT2D eigenvalue weighted by molar-refractivity contribution is 0.355. The number of halogens is 1. The molecule has 0 aliphatic heterocycles. The fraction of sp³-hybridized carbons (Fsp3) is 0.429. The first-order valence-electron chi connectivity index (χ1n) is 6.54. The minimum atomic E-state index is 0.471. The summed E-state index contributed by atoms with van der Waals surface area (Å²) in [4.78, 5) is 4.47. The minimum Gasteiger partial charge on any atom is -0.493 e. The van der Waals surface area contributed by atoms with Gasteiger partial charge in [-0.2, -0.15) is 9.36 Å². The molecule has 7 heteroatoms. The van der Waals surface area contributed by atoms with Gasteiger partial charge in [-0.05, 0) is 18.1 Å². The molecule has 1 aromatic carbocycles. The summed E-state index contributed by atoms with van der Waals surface area (Å²) in [6.07, 6.45) is 0. The lowest BCUT2D eigenvalue weighted by Gasteiger charge is -2.10. The van der Waals surface area contributed by atoms with Gasteiger partial charge in [0.15, 0.2) is 17.3 Å². The Labute approximate surface area is 133 Å². The molecule has 1 aromatic heterocycles. The summed E-state index contributed by atoms with van der Waals surface area (Å²) in [6, 6.07) is 3.59. The summed E-state index contributed by atoms with van der Waals surface area (Å²) in [5, 5.41) is 4.52. The van der Waals surface area contributed by atoms with Gasteiger partial charge >= 0.3 is 0 Å². The molecule has 0 amide bonds. The highest BCUT2D eigenvalue weighted by molar-refractivity contribution is 7.09. The van der Waals surface area contributed by atoms with Gasteiger partial charge in [-0.15, -0.1) is 0 Å². The van der Waals surface area contributed by atoms with E-state index in [1.165, 1.54) is 11.5 Å². The van der Waals surface area contributed by atoms with Crippen LogP contribution >= 0.6 is 23.1 Å². The third-order valence-corrected chi connectivity index (χ3v) is 3.73. The Bertz CT molecular complexity index is 616. The number of hydrogen-bond donors (Lipinski definition) is 1. The van der Waals surface area contributed by atoms with Gasteiger partial charge in [0.05, 0.1) is 19.2 Å². The van der Waals surface area contributed by atoms with E-state index in [1.54, 1.807) is 20.3 Å². The summed E-state index contributed by atoms with van der Waals surface area (Å²) in [7, 11) is 3.13. The normalized spacial score (nSPS) is 10.8. The van der Waals surface area contributed by atoms with Gasteiger partial charge in [0, 0.05) is 23.6 Å². The second kappa shape index (κ2) is 6.95. The Morgan fingerprint density at radius 3 is 2.67 bits per heavy atom. The summed E-state index contributed by atoms with van der Waals surface area (Å²) in [5.41, 5.74) is 0.798. The van der Waals surface area contributed by atoms with Crippen molar-refractivity contribution in [3.05, 3.63) is 17.2 Å². The maximum Gasteiger partial charge on any atom is 0.202 e. The highest BCUT2D eigenvalue weighted by Crippen LogP contribution is 2.38. The molecule has 0 aliphatic rings. The van der Waals surface area contributed by atoms with Crippen molar-refractivity contribution >= 4 is 28.3 Å². The van der Waals surface area contributed by atoms with Gasteiger partial charge < -0.3 is 14.8 Å². The highest BCUT2D eigenvalue weighted by Gasteiger charge is 2.14. The van der Waals surface area contributed by atoms with E-state index in [9.17, 15) is 0 Å². The Kier molecular flexibility index (Phi) is 5.25. The minimum absolute atomic E-state index is 0.471. The van der Waals surface area contributed by atoms with Crippen LogP contribution in [0.25, 0.3) is 11.4 Å². The van der Waals surface area contributed by atoms with Crippen LogP contribution in [0.5, 0.6) is 11.5 Å². The Hall–Kier alpha value is -1.53. The second-order valence-corrected chi connectivity index (χ2v) is 6.05. The lowest BCUT2D eigenvalue weighted by atomic mass is 10.2. The number of benzene rings is 1. The predicted molar refractivity (Wildman–Crippen MR) is 86.8 cm³/mol. The van der Waals surface area contributed by atoms with E-state index in [-0.39, 0.29) is 0 Å². The predicted octanol–water partition coefficient (Wildman–Crippen LogP) is 3.94. The fourth-order valence-corrected chi connectivity index (χ4v) is 2.63. The van der Waals surface area contributed by atoms with Crippen molar-refractivity contribution in [1.29, 1.82) is 0 Å². The summed E-state index contributed by atoms with van der Waals surface area (Å²) in [6.45, 7) is 5.15. The van der Waals surface area contributed by atoms with E-state index in [0.29, 0.717) is 28.3 Å². The summed E-state index contributed by atoms with van der Waals surface area (Å²) >= 11 is 7.53. The van der Waals surface area contributed by atoms with Crippen LogP contribution in [-0.2, 0) is 0 Å². The molecule has 0 fully saturated rings. The number of methoxy groups -OCH3 is 2. The number of aromatic nitrogens is 2. The van der Waals surface area contributed by atoms with Crippen molar-refractivity contribution in [3.63, 3.8) is 0 Å². The SMILES string of the molecule is COc1cc(-c2nsc(NCC(C)C)n2)cc(Cl)c1OC. The summed E-state index contributed by atoms with van der Waals surface area (Å²) in [5.74, 6) is 2.24. The van der Waals surface area contributed by atoms with E-state index < -0.39 is 0 Å². The van der Waals surface area contributed by atoms with Crippen LogP contribution in [0.1, 0.15) is 13.8 Å². The molecule has 5 nitrogen and oxygen atoms in total. The van der Waals surface area contributed by atoms with Crippen molar-refractivity contribution in [1.82, 2.24) is 9.36 Å². The largest absolute Gasteiger partial charge is 0.493 e. The maximum absolute atomic E-state index is 6.20. The molecular formula is C14H18ClN3O2S. The van der Waals surface area contributed by atoms with Crippen LogP contribution in [0.15, 0.2) is 12.1 Å². The van der Waals surface area contributed by atoms with E-state index in [2.05, 4.69) is 28.5 Å². The Morgan fingerprint density at radius 1 is 1.29 bits per heavy atom. The average molecular weight is 328 g/mol. The van der Waals surface area contributed by atoms with Crippen LogP contribution in [0.2, 0.25) is 5.02 Å². The molecule has 0 saturated heterocycles. The molecule has 2 aromatic rings. The first-order valence-corrected chi connectivity index (χ1v) is 7.69. The first kappa shape index (κ1) is 15.9. The van der Waals surface area contributed by atoms with Gasteiger partial charge in [-0.3, -0.25) is 0 Å². The average Bonchev–Trinajstić information content (AvgIpc) is 2.93. The molecule has 1 heterocycles. The molecule has 0 spiro atoms.